The highest BCUT2D eigenvalue weighted by molar-refractivity contribution is 6.05. The largest absolute Gasteiger partial charge is 0.456 e. The minimum Gasteiger partial charge on any atom is -0.456 e. The van der Waals surface area contributed by atoms with Gasteiger partial charge >= 0.3 is 5.97 Å². The summed E-state index contributed by atoms with van der Waals surface area (Å²) in [6.45, 7) is 3.73. The Morgan fingerprint density at radius 2 is 1.78 bits per heavy atom. The number of piperidine rings is 1. The standard InChI is InChI=1S/C25H22N2O5/c1-16-10-12-26(13-11-16)21-8-6-17(14-22(21)27(29)30)25(28)31-18-7-9-24-20(15-18)19-4-2-3-5-23(19)32-24/h2-9,14-16H,10-13H2,1H3. The molecule has 1 aromatic heterocycles. The molecule has 0 bridgehead atoms. The van der Waals surface area contributed by atoms with E-state index in [4.69, 9.17) is 9.15 Å². The molecule has 0 atom stereocenters. The van der Waals surface area contributed by atoms with Crippen LogP contribution in [0, 0.1) is 16.0 Å². The van der Waals surface area contributed by atoms with Gasteiger partial charge in [-0.3, -0.25) is 10.1 Å². The Balaban J connectivity index is 1.42. The van der Waals surface area contributed by atoms with E-state index in [2.05, 4.69) is 6.92 Å². The van der Waals surface area contributed by atoms with Crippen LogP contribution in [0.15, 0.2) is 65.1 Å². The molecule has 7 nitrogen and oxygen atoms in total. The molecule has 162 valence electrons. The Morgan fingerprint density at radius 3 is 2.56 bits per heavy atom. The smallest absolute Gasteiger partial charge is 0.343 e. The molecule has 1 aliphatic rings. The third kappa shape index (κ3) is 3.66. The highest BCUT2D eigenvalue weighted by atomic mass is 16.6. The second kappa shape index (κ2) is 8.00. The number of para-hydroxylation sites is 1. The van der Waals surface area contributed by atoms with Crippen molar-refractivity contribution in [2.75, 3.05) is 18.0 Å². The number of anilines is 1. The normalized spacial score (nSPS) is 14.7. The van der Waals surface area contributed by atoms with E-state index in [9.17, 15) is 14.9 Å². The number of fused-ring (bicyclic) bond motifs is 3. The van der Waals surface area contributed by atoms with Gasteiger partial charge in [-0.2, -0.15) is 0 Å². The molecule has 0 saturated carbocycles. The summed E-state index contributed by atoms with van der Waals surface area (Å²) in [6, 6.07) is 17.3. The van der Waals surface area contributed by atoms with Gasteiger partial charge in [0.15, 0.2) is 0 Å². The Bertz CT molecular complexity index is 1330. The number of hydrogen-bond acceptors (Lipinski definition) is 6. The second-order valence-electron chi connectivity index (χ2n) is 8.28. The highest BCUT2D eigenvalue weighted by Crippen LogP contribution is 2.34. The molecule has 0 spiro atoms. The summed E-state index contributed by atoms with van der Waals surface area (Å²) in [5.41, 5.74) is 2.06. The van der Waals surface area contributed by atoms with Crippen LogP contribution >= 0.6 is 0 Å². The third-order valence-corrected chi connectivity index (χ3v) is 6.09. The molecule has 0 aliphatic carbocycles. The minimum atomic E-state index is -0.640. The van der Waals surface area contributed by atoms with Crippen LogP contribution in [0.25, 0.3) is 21.9 Å². The zero-order valence-corrected chi connectivity index (χ0v) is 17.6. The summed E-state index contributed by atoms with van der Waals surface area (Å²) < 4.78 is 11.3. The van der Waals surface area contributed by atoms with E-state index in [0.29, 0.717) is 22.9 Å². The van der Waals surface area contributed by atoms with E-state index in [0.717, 1.165) is 42.3 Å². The summed E-state index contributed by atoms with van der Waals surface area (Å²) in [5, 5.41) is 13.5. The van der Waals surface area contributed by atoms with Crippen LogP contribution in [0.1, 0.15) is 30.1 Å². The van der Waals surface area contributed by atoms with Gasteiger partial charge in [0, 0.05) is 29.9 Å². The molecule has 7 heteroatoms. The summed E-state index contributed by atoms with van der Waals surface area (Å²) in [7, 11) is 0. The number of furan rings is 1. The van der Waals surface area contributed by atoms with Crippen LogP contribution in [0.5, 0.6) is 5.75 Å². The fourth-order valence-electron chi connectivity index (χ4n) is 4.25. The lowest BCUT2D eigenvalue weighted by molar-refractivity contribution is -0.384. The number of nitrogens with zero attached hydrogens (tertiary/aromatic N) is 2. The number of hydrogen-bond donors (Lipinski definition) is 0. The number of ether oxygens (including phenoxy) is 1. The molecular weight excluding hydrogens is 408 g/mol. The average Bonchev–Trinajstić information content (AvgIpc) is 3.17. The maximum Gasteiger partial charge on any atom is 0.343 e. The molecule has 0 radical (unpaired) electrons. The van der Waals surface area contributed by atoms with Gasteiger partial charge in [-0.05, 0) is 55.2 Å². The SMILES string of the molecule is CC1CCN(c2ccc(C(=O)Oc3ccc4oc5ccccc5c4c3)cc2[N+](=O)[O-])CC1. The first-order valence-electron chi connectivity index (χ1n) is 10.7. The Kier molecular flexibility index (Phi) is 5.01. The molecule has 1 saturated heterocycles. The third-order valence-electron chi connectivity index (χ3n) is 6.09. The molecule has 0 amide bonds. The van der Waals surface area contributed by atoms with Crippen LogP contribution < -0.4 is 9.64 Å². The quantitative estimate of drug-likeness (QED) is 0.172. The Labute approximate surface area is 184 Å². The second-order valence-corrected chi connectivity index (χ2v) is 8.28. The summed E-state index contributed by atoms with van der Waals surface area (Å²) >= 11 is 0. The van der Waals surface area contributed by atoms with Gasteiger partial charge in [-0.25, -0.2) is 4.79 Å². The van der Waals surface area contributed by atoms with E-state index < -0.39 is 10.9 Å². The van der Waals surface area contributed by atoms with Gasteiger partial charge in [0.05, 0.1) is 10.5 Å². The van der Waals surface area contributed by atoms with Gasteiger partial charge < -0.3 is 14.1 Å². The lowest BCUT2D eigenvalue weighted by Crippen LogP contribution is -2.33. The Hall–Kier alpha value is -3.87. The van der Waals surface area contributed by atoms with Crippen molar-refractivity contribution in [3.05, 3.63) is 76.3 Å². The van der Waals surface area contributed by atoms with Crippen molar-refractivity contribution in [2.45, 2.75) is 19.8 Å². The lowest BCUT2D eigenvalue weighted by Gasteiger charge is -2.31. The first-order chi connectivity index (χ1) is 15.5. The molecule has 1 aliphatic heterocycles. The number of nitro groups is 1. The lowest BCUT2D eigenvalue weighted by atomic mass is 9.98. The van der Waals surface area contributed by atoms with Gasteiger partial charge in [-0.15, -0.1) is 0 Å². The van der Waals surface area contributed by atoms with Gasteiger partial charge in [0.25, 0.3) is 5.69 Å². The van der Waals surface area contributed by atoms with Gasteiger partial charge in [-0.1, -0.05) is 25.1 Å². The van der Waals surface area contributed by atoms with E-state index in [1.165, 1.54) is 6.07 Å². The molecule has 3 aromatic carbocycles. The summed E-state index contributed by atoms with van der Waals surface area (Å²) in [6.07, 6.45) is 1.98. The molecular formula is C25H22N2O5. The highest BCUT2D eigenvalue weighted by Gasteiger charge is 2.25. The maximum absolute atomic E-state index is 12.8. The van der Waals surface area contributed by atoms with Crippen LogP contribution in [0.4, 0.5) is 11.4 Å². The van der Waals surface area contributed by atoms with Crippen molar-refractivity contribution >= 4 is 39.3 Å². The molecule has 1 fully saturated rings. The predicted octanol–water partition coefficient (Wildman–Crippen LogP) is 5.95. The van der Waals surface area contributed by atoms with E-state index >= 15 is 0 Å². The Morgan fingerprint density at radius 1 is 1.03 bits per heavy atom. The van der Waals surface area contributed by atoms with Crippen LogP contribution in [0.2, 0.25) is 0 Å². The van der Waals surface area contributed by atoms with Crippen LogP contribution in [-0.2, 0) is 0 Å². The number of benzene rings is 3. The van der Waals surface area contributed by atoms with E-state index in [1.54, 1.807) is 30.3 Å². The first kappa shape index (κ1) is 20.1. The fourth-order valence-corrected chi connectivity index (χ4v) is 4.25. The van der Waals surface area contributed by atoms with Crippen molar-refractivity contribution < 1.29 is 18.9 Å². The van der Waals surface area contributed by atoms with E-state index in [1.807, 2.05) is 29.2 Å². The topological polar surface area (TPSA) is 85.8 Å². The predicted molar refractivity (Wildman–Crippen MR) is 122 cm³/mol. The molecule has 32 heavy (non-hydrogen) atoms. The van der Waals surface area contributed by atoms with Crippen molar-refractivity contribution in [2.24, 2.45) is 5.92 Å². The molecule has 2 heterocycles. The average molecular weight is 430 g/mol. The zero-order valence-electron chi connectivity index (χ0n) is 17.6. The van der Waals surface area contributed by atoms with Crippen molar-refractivity contribution in [3.8, 4) is 5.75 Å². The van der Waals surface area contributed by atoms with Crippen LogP contribution in [-0.4, -0.2) is 24.0 Å². The van der Waals surface area contributed by atoms with Crippen molar-refractivity contribution in [1.29, 1.82) is 0 Å². The monoisotopic (exact) mass is 430 g/mol. The van der Waals surface area contributed by atoms with Crippen LogP contribution in [0.3, 0.4) is 0 Å². The van der Waals surface area contributed by atoms with E-state index in [-0.39, 0.29) is 11.3 Å². The number of nitro benzene ring substituents is 1. The zero-order chi connectivity index (χ0) is 22.2. The van der Waals surface area contributed by atoms with Crippen molar-refractivity contribution in [3.63, 3.8) is 0 Å². The minimum absolute atomic E-state index is 0.0784. The maximum atomic E-state index is 12.8. The summed E-state index contributed by atoms with van der Waals surface area (Å²) in [4.78, 5) is 26.1. The molecule has 0 N–H and O–H groups in total. The number of esters is 1. The van der Waals surface area contributed by atoms with Crippen molar-refractivity contribution in [1.82, 2.24) is 0 Å². The van der Waals surface area contributed by atoms with Gasteiger partial charge in [0.1, 0.15) is 22.6 Å². The molecule has 0 unspecified atom stereocenters. The number of carbonyl (C=O) groups is 1. The number of rotatable bonds is 4. The molecule has 4 aromatic rings. The van der Waals surface area contributed by atoms with Gasteiger partial charge in [0.2, 0.25) is 0 Å². The first-order valence-corrected chi connectivity index (χ1v) is 10.7. The molecule has 5 rings (SSSR count). The summed E-state index contributed by atoms with van der Waals surface area (Å²) in [5.74, 6) is 0.328. The number of carbonyl (C=O) groups excluding carboxylic acids is 1. The fraction of sp³-hybridized carbons (Fsp3) is 0.240.